The van der Waals surface area contributed by atoms with Crippen molar-refractivity contribution in [3.63, 3.8) is 0 Å². The number of H-pyrrole nitrogens is 1. The molecule has 0 aliphatic carbocycles. The first-order valence-electron chi connectivity index (χ1n) is 6.33. The molecule has 0 aliphatic heterocycles. The number of aromatic amines is 1. The Hall–Kier alpha value is -2.81. The van der Waals surface area contributed by atoms with Crippen molar-refractivity contribution in [2.75, 3.05) is 0 Å². The van der Waals surface area contributed by atoms with Crippen molar-refractivity contribution in [1.29, 1.82) is 0 Å². The molecular formula is C17H13NO2. The number of benzene rings is 2. The summed E-state index contributed by atoms with van der Waals surface area (Å²) in [6, 6.07) is 20.8. The van der Waals surface area contributed by atoms with Crippen molar-refractivity contribution in [2.24, 2.45) is 0 Å². The van der Waals surface area contributed by atoms with Crippen LogP contribution in [0.5, 0.6) is 5.75 Å². The van der Waals surface area contributed by atoms with Crippen LogP contribution in [0.2, 0.25) is 0 Å². The van der Waals surface area contributed by atoms with Gasteiger partial charge >= 0.3 is 0 Å². The van der Waals surface area contributed by atoms with Gasteiger partial charge in [-0.3, -0.25) is 4.79 Å². The summed E-state index contributed by atoms with van der Waals surface area (Å²) in [5, 5.41) is 9.69. The van der Waals surface area contributed by atoms with Crippen molar-refractivity contribution < 1.29 is 5.11 Å². The van der Waals surface area contributed by atoms with E-state index < -0.39 is 5.56 Å². The van der Waals surface area contributed by atoms with Crippen LogP contribution in [-0.2, 0) is 0 Å². The van der Waals surface area contributed by atoms with Crippen LogP contribution in [0, 0.1) is 0 Å². The zero-order chi connectivity index (χ0) is 13.9. The highest BCUT2D eigenvalue weighted by Crippen LogP contribution is 2.30. The third-order valence-corrected chi connectivity index (χ3v) is 3.17. The van der Waals surface area contributed by atoms with E-state index in [-0.39, 0.29) is 5.75 Å². The highest BCUT2D eigenvalue weighted by atomic mass is 16.3. The molecule has 20 heavy (non-hydrogen) atoms. The van der Waals surface area contributed by atoms with Gasteiger partial charge in [-0.05, 0) is 17.2 Å². The minimum absolute atomic E-state index is 0.275. The first-order valence-corrected chi connectivity index (χ1v) is 6.33. The van der Waals surface area contributed by atoms with Gasteiger partial charge in [-0.25, -0.2) is 0 Å². The predicted octanol–water partition coefficient (Wildman–Crippen LogP) is 3.41. The maximum atomic E-state index is 11.7. The van der Waals surface area contributed by atoms with Gasteiger partial charge in [0.05, 0.1) is 5.69 Å². The maximum Gasteiger partial charge on any atom is 0.290 e. The van der Waals surface area contributed by atoms with Gasteiger partial charge in [0.25, 0.3) is 5.56 Å². The van der Waals surface area contributed by atoms with Crippen LogP contribution in [-0.4, -0.2) is 10.1 Å². The van der Waals surface area contributed by atoms with E-state index in [1.807, 2.05) is 60.7 Å². The van der Waals surface area contributed by atoms with E-state index in [2.05, 4.69) is 4.98 Å². The lowest BCUT2D eigenvalue weighted by molar-refractivity contribution is 0.467. The first-order chi connectivity index (χ1) is 9.75. The molecule has 0 saturated carbocycles. The largest absolute Gasteiger partial charge is 0.503 e. The summed E-state index contributed by atoms with van der Waals surface area (Å²) in [7, 11) is 0. The molecule has 1 aromatic heterocycles. The van der Waals surface area contributed by atoms with E-state index in [9.17, 15) is 9.90 Å². The number of aromatic hydroxyl groups is 1. The molecule has 3 rings (SSSR count). The number of nitrogens with one attached hydrogen (secondary N) is 1. The van der Waals surface area contributed by atoms with Crippen LogP contribution in [0.25, 0.3) is 22.4 Å². The Kier molecular flexibility index (Phi) is 3.09. The fourth-order valence-electron chi connectivity index (χ4n) is 2.20. The molecule has 98 valence electrons. The number of rotatable bonds is 2. The topological polar surface area (TPSA) is 53.1 Å². The molecule has 0 fully saturated rings. The van der Waals surface area contributed by atoms with Crippen LogP contribution < -0.4 is 5.56 Å². The van der Waals surface area contributed by atoms with Crippen molar-refractivity contribution in [3.8, 4) is 28.1 Å². The average molecular weight is 263 g/mol. The average Bonchev–Trinajstić information content (AvgIpc) is 2.51. The second-order valence-electron chi connectivity index (χ2n) is 4.50. The second kappa shape index (κ2) is 5.05. The van der Waals surface area contributed by atoms with E-state index in [1.165, 1.54) is 6.07 Å². The molecule has 1 heterocycles. The fourth-order valence-corrected chi connectivity index (χ4v) is 2.20. The van der Waals surface area contributed by atoms with Gasteiger partial charge < -0.3 is 10.1 Å². The molecule has 0 saturated heterocycles. The van der Waals surface area contributed by atoms with Crippen LogP contribution in [0.4, 0.5) is 0 Å². The zero-order valence-electron chi connectivity index (χ0n) is 10.7. The molecule has 3 heteroatoms. The Morgan fingerprint density at radius 3 is 1.95 bits per heavy atom. The Bertz CT molecular complexity index is 777. The quantitative estimate of drug-likeness (QED) is 0.744. The Labute approximate surface area is 116 Å². The highest BCUT2D eigenvalue weighted by molar-refractivity contribution is 5.81. The minimum Gasteiger partial charge on any atom is -0.503 e. The van der Waals surface area contributed by atoms with Crippen molar-refractivity contribution in [1.82, 2.24) is 4.98 Å². The molecule has 0 unspecified atom stereocenters. The van der Waals surface area contributed by atoms with Gasteiger partial charge in [0.2, 0.25) is 0 Å². The molecule has 3 aromatic rings. The van der Waals surface area contributed by atoms with Crippen LogP contribution in [0.15, 0.2) is 71.5 Å². The van der Waals surface area contributed by atoms with E-state index in [4.69, 9.17) is 0 Å². The van der Waals surface area contributed by atoms with Gasteiger partial charge in [-0.15, -0.1) is 0 Å². The third-order valence-electron chi connectivity index (χ3n) is 3.17. The summed E-state index contributed by atoms with van der Waals surface area (Å²) < 4.78 is 0. The molecule has 0 radical (unpaired) electrons. The van der Waals surface area contributed by atoms with Gasteiger partial charge in [0.1, 0.15) is 0 Å². The Balaban J connectivity index is 2.29. The van der Waals surface area contributed by atoms with Gasteiger partial charge in [-0.2, -0.15) is 0 Å². The lowest BCUT2D eigenvalue weighted by Crippen LogP contribution is -2.07. The predicted molar refractivity (Wildman–Crippen MR) is 79.6 cm³/mol. The standard InChI is InChI=1S/C17H13NO2/c19-15-11-14(12-7-3-1-4-8-12)16(18-17(15)20)13-9-5-2-6-10-13/h1-11,19H,(H,18,20). The fraction of sp³-hybridized carbons (Fsp3) is 0. The second-order valence-corrected chi connectivity index (χ2v) is 4.50. The molecule has 0 bridgehead atoms. The van der Waals surface area contributed by atoms with E-state index in [1.54, 1.807) is 0 Å². The van der Waals surface area contributed by atoms with Crippen LogP contribution in [0.1, 0.15) is 0 Å². The lowest BCUT2D eigenvalue weighted by Gasteiger charge is -2.10. The van der Waals surface area contributed by atoms with Crippen molar-refractivity contribution in [2.45, 2.75) is 0 Å². The molecule has 0 aliphatic rings. The summed E-state index contributed by atoms with van der Waals surface area (Å²) in [5.74, 6) is -0.275. The van der Waals surface area contributed by atoms with Gasteiger partial charge in [0.15, 0.2) is 5.75 Å². The number of pyridine rings is 1. The molecule has 2 aromatic carbocycles. The Morgan fingerprint density at radius 1 is 0.800 bits per heavy atom. The summed E-state index contributed by atoms with van der Waals surface area (Å²) >= 11 is 0. The lowest BCUT2D eigenvalue weighted by atomic mass is 9.99. The van der Waals surface area contributed by atoms with Crippen LogP contribution >= 0.6 is 0 Å². The van der Waals surface area contributed by atoms with Crippen molar-refractivity contribution >= 4 is 0 Å². The number of aromatic nitrogens is 1. The van der Waals surface area contributed by atoms with Crippen LogP contribution in [0.3, 0.4) is 0 Å². The van der Waals surface area contributed by atoms with Gasteiger partial charge in [0, 0.05) is 5.56 Å². The SMILES string of the molecule is O=c1[nH]c(-c2ccccc2)c(-c2ccccc2)cc1O. The zero-order valence-corrected chi connectivity index (χ0v) is 10.7. The first kappa shape index (κ1) is 12.2. The highest BCUT2D eigenvalue weighted by Gasteiger charge is 2.11. The number of hydrogen-bond acceptors (Lipinski definition) is 2. The molecule has 3 nitrogen and oxygen atoms in total. The smallest absolute Gasteiger partial charge is 0.290 e. The molecule has 0 spiro atoms. The molecule has 0 amide bonds. The summed E-state index contributed by atoms with van der Waals surface area (Å²) in [6.07, 6.45) is 0. The van der Waals surface area contributed by atoms with E-state index >= 15 is 0 Å². The molecule has 0 atom stereocenters. The molecule has 2 N–H and O–H groups in total. The minimum atomic E-state index is -0.483. The number of hydrogen-bond donors (Lipinski definition) is 2. The summed E-state index contributed by atoms with van der Waals surface area (Å²) in [5.41, 5.74) is 2.87. The third kappa shape index (κ3) is 2.21. The summed E-state index contributed by atoms with van der Waals surface area (Å²) in [4.78, 5) is 14.4. The monoisotopic (exact) mass is 263 g/mol. The van der Waals surface area contributed by atoms with Gasteiger partial charge in [-0.1, -0.05) is 60.7 Å². The maximum absolute atomic E-state index is 11.7. The summed E-state index contributed by atoms with van der Waals surface area (Å²) in [6.45, 7) is 0. The molecular weight excluding hydrogens is 250 g/mol. The van der Waals surface area contributed by atoms with Crippen molar-refractivity contribution in [3.05, 3.63) is 77.1 Å². The normalized spacial score (nSPS) is 10.4. The Morgan fingerprint density at radius 2 is 1.35 bits per heavy atom. The van der Waals surface area contributed by atoms with E-state index in [0.717, 1.165) is 16.7 Å². The van der Waals surface area contributed by atoms with E-state index in [0.29, 0.717) is 5.69 Å².